The Kier molecular flexibility index (Phi) is 5.76. The maximum absolute atomic E-state index is 14.2. The molecule has 0 radical (unpaired) electrons. The third kappa shape index (κ3) is 4.05. The average molecular weight is 447 g/mol. The quantitative estimate of drug-likeness (QED) is 0.530. The van der Waals surface area contributed by atoms with Crippen molar-refractivity contribution in [1.82, 2.24) is 4.31 Å². The standard InChI is InChI=1S/C21H22FN3O5S/c22-19-6-1-7-20-18(19)5-3-13-24(20)21(26)15-4-2-12-23(14-15)31(29,30)17-10-8-16(9-11-17)25(27)28/h1,6-11,15H,2-5,12-14H2. The molecule has 164 valence electrons. The fraction of sp³-hybridized carbons (Fsp3) is 0.381. The molecule has 2 aromatic carbocycles. The molecule has 2 aliphatic rings. The van der Waals surface area contributed by atoms with Crippen molar-refractivity contribution in [2.45, 2.75) is 30.6 Å². The molecule has 2 aromatic rings. The van der Waals surface area contributed by atoms with E-state index < -0.39 is 20.9 Å². The molecule has 0 aromatic heterocycles. The minimum Gasteiger partial charge on any atom is -0.312 e. The number of nitrogens with zero attached hydrogens (tertiary/aromatic N) is 3. The lowest BCUT2D eigenvalue weighted by molar-refractivity contribution is -0.384. The zero-order chi connectivity index (χ0) is 22.2. The van der Waals surface area contributed by atoms with Crippen molar-refractivity contribution < 1.29 is 22.5 Å². The van der Waals surface area contributed by atoms with Gasteiger partial charge in [0, 0.05) is 43.0 Å². The molecule has 0 aliphatic carbocycles. The van der Waals surface area contributed by atoms with Gasteiger partial charge in [-0.1, -0.05) is 6.07 Å². The highest BCUT2D eigenvalue weighted by molar-refractivity contribution is 7.89. The Morgan fingerprint density at radius 1 is 1.10 bits per heavy atom. The number of carbonyl (C=O) groups is 1. The Labute approximate surface area is 179 Å². The van der Waals surface area contributed by atoms with Crippen LogP contribution in [0.4, 0.5) is 15.8 Å². The van der Waals surface area contributed by atoms with Gasteiger partial charge in [0.25, 0.3) is 5.69 Å². The Balaban J connectivity index is 1.54. The molecule has 1 unspecified atom stereocenters. The molecule has 10 heteroatoms. The minimum absolute atomic E-state index is 0.0271. The van der Waals surface area contributed by atoms with Gasteiger partial charge in [-0.25, -0.2) is 12.8 Å². The fourth-order valence-electron chi connectivity index (χ4n) is 4.28. The van der Waals surface area contributed by atoms with Crippen LogP contribution in [0.2, 0.25) is 0 Å². The van der Waals surface area contributed by atoms with E-state index in [0.29, 0.717) is 43.5 Å². The van der Waals surface area contributed by atoms with Crippen LogP contribution in [0.15, 0.2) is 47.4 Å². The first-order chi connectivity index (χ1) is 14.8. The molecule has 1 atom stereocenters. The number of carbonyl (C=O) groups excluding carboxylic acids is 1. The van der Waals surface area contributed by atoms with Gasteiger partial charge in [0.05, 0.1) is 15.7 Å². The lowest BCUT2D eigenvalue weighted by Crippen LogP contribution is -2.48. The SMILES string of the molecule is O=C(C1CCCN(S(=O)(=O)c2ccc([N+](=O)[O-])cc2)C1)N1CCCc2c(F)cccc21. The summed E-state index contributed by atoms with van der Waals surface area (Å²) in [5.41, 5.74) is 0.890. The number of non-ortho nitro benzene ring substituents is 1. The summed E-state index contributed by atoms with van der Waals surface area (Å²) in [6.07, 6.45) is 2.28. The molecule has 31 heavy (non-hydrogen) atoms. The van der Waals surface area contributed by atoms with Gasteiger partial charge in [-0.2, -0.15) is 4.31 Å². The van der Waals surface area contributed by atoms with E-state index >= 15 is 0 Å². The van der Waals surface area contributed by atoms with E-state index in [-0.39, 0.29) is 35.4 Å². The number of sulfonamides is 1. The first-order valence-electron chi connectivity index (χ1n) is 10.1. The summed E-state index contributed by atoms with van der Waals surface area (Å²) in [6.45, 7) is 0.772. The number of rotatable bonds is 4. The molecule has 4 rings (SSSR count). The Bertz CT molecular complexity index is 1120. The topological polar surface area (TPSA) is 101 Å². The average Bonchev–Trinajstić information content (AvgIpc) is 2.78. The molecule has 2 aliphatic heterocycles. The summed E-state index contributed by atoms with van der Waals surface area (Å²) in [5.74, 6) is -1.06. The number of halogens is 1. The molecule has 1 amide bonds. The van der Waals surface area contributed by atoms with E-state index in [1.807, 2.05) is 0 Å². The third-order valence-electron chi connectivity index (χ3n) is 5.88. The highest BCUT2D eigenvalue weighted by Gasteiger charge is 2.36. The maximum atomic E-state index is 14.2. The van der Waals surface area contributed by atoms with Gasteiger partial charge in [-0.3, -0.25) is 14.9 Å². The van der Waals surface area contributed by atoms with Gasteiger partial charge in [0.2, 0.25) is 15.9 Å². The molecule has 0 N–H and O–H groups in total. The van der Waals surface area contributed by atoms with Crippen molar-refractivity contribution in [2.24, 2.45) is 5.92 Å². The van der Waals surface area contributed by atoms with E-state index in [1.54, 1.807) is 17.0 Å². The van der Waals surface area contributed by atoms with Crippen LogP contribution in [-0.2, 0) is 21.2 Å². The third-order valence-corrected chi connectivity index (χ3v) is 7.76. The first kappa shape index (κ1) is 21.4. The second-order valence-electron chi connectivity index (χ2n) is 7.78. The van der Waals surface area contributed by atoms with E-state index in [4.69, 9.17) is 0 Å². The van der Waals surface area contributed by atoms with Crippen LogP contribution in [0.25, 0.3) is 0 Å². The number of nitro benzene ring substituents is 1. The van der Waals surface area contributed by atoms with Gasteiger partial charge in [0.1, 0.15) is 5.82 Å². The number of benzene rings is 2. The minimum atomic E-state index is -3.89. The number of piperidine rings is 1. The van der Waals surface area contributed by atoms with Crippen LogP contribution >= 0.6 is 0 Å². The second-order valence-corrected chi connectivity index (χ2v) is 9.72. The van der Waals surface area contributed by atoms with Gasteiger partial charge in [-0.15, -0.1) is 0 Å². The molecule has 0 spiro atoms. The van der Waals surface area contributed by atoms with Crippen molar-refractivity contribution in [1.29, 1.82) is 0 Å². The Hall–Kier alpha value is -2.85. The number of fused-ring (bicyclic) bond motifs is 1. The van der Waals surface area contributed by atoms with Gasteiger partial charge in [0.15, 0.2) is 0 Å². The Morgan fingerprint density at radius 2 is 1.84 bits per heavy atom. The summed E-state index contributed by atoms with van der Waals surface area (Å²) >= 11 is 0. The van der Waals surface area contributed by atoms with Crippen LogP contribution in [0, 0.1) is 21.8 Å². The van der Waals surface area contributed by atoms with E-state index in [1.165, 1.54) is 22.5 Å². The summed E-state index contributed by atoms with van der Waals surface area (Å²) in [7, 11) is -3.89. The van der Waals surface area contributed by atoms with Crippen LogP contribution in [0.3, 0.4) is 0 Å². The zero-order valence-corrected chi connectivity index (χ0v) is 17.6. The van der Waals surface area contributed by atoms with E-state index in [0.717, 1.165) is 12.1 Å². The molecule has 0 bridgehead atoms. The largest absolute Gasteiger partial charge is 0.312 e. The highest BCUT2D eigenvalue weighted by Crippen LogP contribution is 2.32. The predicted octanol–water partition coefficient (Wildman–Crippen LogP) is 3.11. The number of hydrogen-bond donors (Lipinski definition) is 0. The molecule has 0 saturated carbocycles. The molecule has 8 nitrogen and oxygen atoms in total. The molecule has 1 saturated heterocycles. The Morgan fingerprint density at radius 3 is 2.55 bits per heavy atom. The highest BCUT2D eigenvalue weighted by atomic mass is 32.2. The smallest absolute Gasteiger partial charge is 0.269 e. The second kappa shape index (κ2) is 8.35. The lowest BCUT2D eigenvalue weighted by atomic mass is 9.95. The van der Waals surface area contributed by atoms with Crippen molar-refractivity contribution >= 4 is 27.3 Å². The molecule has 1 fully saturated rings. The molecular weight excluding hydrogens is 425 g/mol. The summed E-state index contributed by atoms with van der Waals surface area (Å²) in [5, 5.41) is 10.8. The van der Waals surface area contributed by atoms with Crippen LogP contribution < -0.4 is 4.90 Å². The summed E-state index contributed by atoms with van der Waals surface area (Å²) in [4.78, 5) is 25.0. The van der Waals surface area contributed by atoms with Crippen molar-refractivity contribution in [3.63, 3.8) is 0 Å². The number of nitro groups is 1. The van der Waals surface area contributed by atoms with Gasteiger partial charge < -0.3 is 4.90 Å². The van der Waals surface area contributed by atoms with Crippen LogP contribution in [0.1, 0.15) is 24.8 Å². The monoisotopic (exact) mass is 447 g/mol. The normalized spacial score (nSPS) is 19.6. The number of anilines is 1. The number of hydrogen-bond acceptors (Lipinski definition) is 5. The van der Waals surface area contributed by atoms with Crippen molar-refractivity contribution in [3.8, 4) is 0 Å². The number of amides is 1. The van der Waals surface area contributed by atoms with Crippen molar-refractivity contribution in [2.75, 3.05) is 24.5 Å². The molecule has 2 heterocycles. The molecular formula is C21H22FN3O5S. The van der Waals surface area contributed by atoms with E-state index in [9.17, 15) is 27.7 Å². The van der Waals surface area contributed by atoms with Crippen LogP contribution in [0.5, 0.6) is 0 Å². The lowest BCUT2D eigenvalue weighted by Gasteiger charge is -2.36. The van der Waals surface area contributed by atoms with Crippen molar-refractivity contribution in [3.05, 3.63) is 64.0 Å². The zero-order valence-electron chi connectivity index (χ0n) is 16.7. The predicted molar refractivity (Wildman–Crippen MR) is 112 cm³/mol. The fourth-order valence-corrected chi connectivity index (χ4v) is 5.81. The van der Waals surface area contributed by atoms with Crippen LogP contribution in [-0.4, -0.2) is 43.2 Å². The maximum Gasteiger partial charge on any atom is 0.269 e. The van der Waals surface area contributed by atoms with E-state index in [2.05, 4.69) is 0 Å². The summed E-state index contributed by atoms with van der Waals surface area (Å²) < 4.78 is 41.5. The van der Waals surface area contributed by atoms with Gasteiger partial charge in [-0.05, 0) is 49.9 Å². The first-order valence-corrected chi connectivity index (χ1v) is 11.6. The van der Waals surface area contributed by atoms with Gasteiger partial charge >= 0.3 is 0 Å². The summed E-state index contributed by atoms with van der Waals surface area (Å²) in [6, 6.07) is 9.41.